The Bertz CT molecular complexity index is 669. The Labute approximate surface area is 144 Å². The zero-order valence-electron chi connectivity index (χ0n) is 13.1. The lowest BCUT2D eigenvalue weighted by Gasteiger charge is -2.26. The van der Waals surface area contributed by atoms with Crippen molar-refractivity contribution in [2.24, 2.45) is 0 Å². The summed E-state index contributed by atoms with van der Waals surface area (Å²) < 4.78 is 0.912. The molecule has 0 bridgehead atoms. The van der Waals surface area contributed by atoms with Gasteiger partial charge in [-0.25, -0.2) is 0 Å². The highest BCUT2D eigenvalue weighted by atomic mass is 79.9. The maximum absolute atomic E-state index is 12.5. The largest absolute Gasteiger partial charge is 0.328 e. The van der Waals surface area contributed by atoms with Gasteiger partial charge in [-0.1, -0.05) is 46.3 Å². The number of halogens is 1. The summed E-state index contributed by atoms with van der Waals surface area (Å²) in [5.74, 6) is -1.16. The first-order valence-corrected chi connectivity index (χ1v) is 8.18. The summed E-state index contributed by atoms with van der Waals surface area (Å²) in [7, 11) is 0. The molecule has 0 aliphatic heterocycles. The Balaban J connectivity index is 2.07. The molecule has 23 heavy (non-hydrogen) atoms. The van der Waals surface area contributed by atoms with Gasteiger partial charge in [0.25, 0.3) is 0 Å². The smallest absolute Gasteiger partial charge is 0.313 e. The van der Waals surface area contributed by atoms with E-state index in [0.29, 0.717) is 12.2 Å². The number of amides is 2. The van der Waals surface area contributed by atoms with Crippen molar-refractivity contribution < 1.29 is 9.59 Å². The highest BCUT2D eigenvalue weighted by Crippen LogP contribution is 2.15. The standard InChI is InChI=1S/C18H19BrN2O2/c1-13(2)21(12-14-6-4-3-5-7-14)18(23)17(22)20-16-10-8-15(19)9-11-16/h3-11,13H,12H2,1-2H3,(H,20,22). The number of anilines is 1. The van der Waals surface area contributed by atoms with Crippen LogP contribution in [0.3, 0.4) is 0 Å². The summed E-state index contributed by atoms with van der Waals surface area (Å²) in [6.45, 7) is 4.20. The van der Waals surface area contributed by atoms with Crippen molar-refractivity contribution in [1.29, 1.82) is 0 Å². The summed E-state index contributed by atoms with van der Waals surface area (Å²) in [4.78, 5) is 26.2. The Kier molecular flexibility index (Phi) is 5.93. The van der Waals surface area contributed by atoms with E-state index in [-0.39, 0.29) is 6.04 Å². The lowest BCUT2D eigenvalue weighted by atomic mass is 10.2. The fraction of sp³-hybridized carbons (Fsp3) is 0.222. The Morgan fingerprint density at radius 3 is 2.22 bits per heavy atom. The fourth-order valence-corrected chi connectivity index (χ4v) is 2.38. The maximum Gasteiger partial charge on any atom is 0.313 e. The van der Waals surface area contributed by atoms with E-state index in [1.165, 1.54) is 0 Å². The third-order valence-electron chi connectivity index (χ3n) is 3.38. The van der Waals surface area contributed by atoms with Gasteiger partial charge in [-0.15, -0.1) is 0 Å². The van der Waals surface area contributed by atoms with Gasteiger partial charge < -0.3 is 10.2 Å². The molecule has 0 aliphatic carbocycles. The zero-order valence-corrected chi connectivity index (χ0v) is 14.7. The molecule has 2 aromatic carbocycles. The van der Waals surface area contributed by atoms with Crippen LogP contribution < -0.4 is 5.32 Å². The molecule has 0 aromatic heterocycles. The molecule has 1 N–H and O–H groups in total. The number of carbonyl (C=O) groups excluding carboxylic acids is 2. The number of nitrogens with one attached hydrogen (secondary N) is 1. The first-order chi connectivity index (χ1) is 11.0. The van der Waals surface area contributed by atoms with Crippen LogP contribution in [0.25, 0.3) is 0 Å². The van der Waals surface area contributed by atoms with E-state index in [0.717, 1.165) is 10.0 Å². The molecule has 0 fully saturated rings. The van der Waals surface area contributed by atoms with E-state index in [1.54, 1.807) is 17.0 Å². The molecule has 2 aromatic rings. The van der Waals surface area contributed by atoms with Crippen molar-refractivity contribution in [3.8, 4) is 0 Å². The van der Waals surface area contributed by atoms with Gasteiger partial charge in [0.1, 0.15) is 0 Å². The normalized spacial score (nSPS) is 10.4. The zero-order chi connectivity index (χ0) is 16.8. The fourth-order valence-electron chi connectivity index (χ4n) is 2.12. The number of rotatable bonds is 4. The van der Waals surface area contributed by atoms with Gasteiger partial charge in [-0.2, -0.15) is 0 Å². The first-order valence-electron chi connectivity index (χ1n) is 7.39. The van der Waals surface area contributed by atoms with Crippen LogP contribution in [0.5, 0.6) is 0 Å². The van der Waals surface area contributed by atoms with Crippen LogP contribution in [0, 0.1) is 0 Å². The van der Waals surface area contributed by atoms with Gasteiger partial charge in [0.05, 0.1) is 0 Å². The van der Waals surface area contributed by atoms with Crippen molar-refractivity contribution in [2.75, 3.05) is 5.32 Å². The minimum atomic E-state index is -0.628. The molecule has 2 rings (SSSR count). The monoisotopic (exact) mass is 374 g/mol. The third kappa shape index (κ3) is 4.93. The maximum atomic E-state index is 12.5. The van der Waals surface area contributed by atoms with Crippen LogP contribution in [0.4, 0.5) is 5.69 Å². The molecule has 0 saturated heterocycles. The summed E-state index contributed by atoms with van der Waals surface area (Å²) in [6.07, 6.45) is 0. The number of benzene rings is 2. The average Bonchev–Trinajstić information content (AvgIpc) is 2.55. The topological polar surface area (TPSA) is 49.4 Å². The highest BCUT2D eigenvalue weighted by Gasteiger charge is 2.24. The van der Waals surface area contributed by atoms with Crippen molar-refractivity contribution in [1.82, 2.24) is 4.90 Å². The van der Waals surface area contributed by atoms with Gasteiger partial charge in [-0.05, 0) is 43.7 Å². The van der Waals surface area contributed by atoms with Crippen molar-refractivity contribution in [3.05, 3.63) is 64.6 Å². The predicted octanol–water partition coefficient (Wildman–Crippen LogP) is 3.82. The second-order valence-electron chi connectivity index (χ2n) is 5.47. The molecule has 2 amide bonds. The molecule has 4 nitrogen and oxygen atoms in total. The molecule has 0 unspecified atom stereocenters. The minimum Gasteiger partial charge on any atom is -0.328 e. The van der Waals surface area contributed by atoms with E-state index in [2.05, 4.69) is 21.2 Å². The molecular formula is C18H19BrN2O2. The average molecular weight is 375 g/mol. The quantitative estimate of drug-likeness (QED) is 0.826. The molecule has 5 heteroatoms. The van der Waals surface area contributed by atoms with Gasteiger partial charge in [0.15, 0.2) is 0 Å². The Morgan fingerprint density at radius 1 is 1.04 bits per heavy atom. The van der Waals surface area contributed by atoms with Gasteiger partial charge in [0.2, 0.25) is 0 Å². The highest BCUT2D eigenvalue weighted by molar-refractivity contribution is 9.10. The van der Waals surface area contributed by atoms with Crippen molar-refractivity contribution in [2.45, 2.75) is 26.4 Å². The summed E-state index contributed by atoms with van der Waals surface area (Å²) in [6, 6.07) is 16.7. The van der Waals surface area contributed by atoms with Crippen LogP contribution in [0.1, 0.15) is 19.4 Å². The van der Waals surface area contributed by atoms with Crippen LogP contribution in [-0.4, -0.2) is 22.8 Å². The lowest BCUT2D eigenvalue weighted by molar-refractivity contribution is -0.144. The Hall–Kier alpha value is -2.14. The van der Waals surface area contributed by atoms with Crippen molar-refractivity contribution >= 4 is 33.4 Å². The molecule has 0 atom stereocenters. The minimum absolute atomic E-state index is 0.0710. The second kappa shape index (κ2) is 7.92. The van der Waals surface area contributed by atoms with Crippen LogP contribution >= 0.6 is 15.9 Å². The van der Waals surface area contributed by atoms with Gasteiger partial charge in [0, 0.05) is 22.7 Å². The van der Waals surface area contributed by atoms with E-state index in [1.807, 2.05) is 56.3 Å². The molecule has 0 radical (unpaired) electrons. The molecular weight excluding hydrogens is 356 g/mol. The number of hydrogen-bond donors (Lipinski definition) is 1. The summed E-state index contributed by atoms with van der Waals surface area (Å²) >= 11 is 3.33. The third-order valence-corrected chi connectivity index (χ3v) is 3.90. The first kappa shape index (κ1) is 17.2. The van der Waals surface area contributed by atoms with Gasteiger partial charge in [-0.3, -0.25) is 9.59 Å². The van der Waals surface area contributed by atoms with Gasteiger partial charge >= 0.3 is 11.8 Å². The number of hydrogen-bond acceptors (Lipinski definition) is 2. The molecule has 0 heterocycles. The van der Waals surface area contributed by atoms with E-state index in [9.17, 15) is 9.59 Å². The Morgan fingerprint density at radius 2 is 1.65 bits per heavy atom. The SMILES string of the molecule is CC(C)N(Cc1ccccc1)C(=O)C(=O)Nc1ccc(Br)cc1. The summed E-state index contributed by atoms with van der Waals surface area (Å²) in [5.41, 5.74) is 1.58. The molecule has 0 spiro atoms. The van der Waals surface area contributed by atoms with E-state index >= 15 is 0 Å². The second-order valence-corrected chi connectivity index (χ2v) is 6.39. The van der Waals surface area contributed by atoms with Crippen LogP contribution in [-0.2, 0) is 16.1 Å². The van der Waals surface area contributed by atoms with Crippen LogP contribution in [0.2, 0.25) is 0 Å². The van der Waals surface area contributed by atoms with Crippen molar-refractivity contribution in [3.63, 3.8) is 0 Å². The molecule has 120 valence electrons. The van der Waals surface area contributed by atoms with E-state index in [4.69, 9.17) is 0 Å². The summed E-state index contributed by atoms with van der Waals surface area (Å²) in [5, 5.41) is 2.64. The van der Waals surface area contributed by atoms with Crippen LogP contribution in [0.15, 0.2) is 59.1 Å². The van der Waals surface area contributed by atoms with E-state index < -0.39 is 11.8 Å². The molecule has 0 aliphatic rings. The number of nitrogens with zero attached hydrogens (tertiary/aromatic N) is 1. The predicted molar refractivity (Wildman–Crippen MR) is 94.9 cm³/mol. The molecule has 0 saturated carbocycles. The number of carbonyl (C=O) groups is 2. The lowest BCUT2D eigenvalue weighted by Crippen LogP contribution is -2.43.